The van der Waals surface area contributed by atoms with Gasteiger partial charge in [-0.1, -0.05) is 0 Å². The third-order valence-electron chi connectivity index (χ3n) is 4.32. The van der Waals surface area contributed by atoms with Crippen LogP contribution in [0.5, 0.6) is 0 Å². The predicted molar refractivity (Wildman–Crippen MR) is 179 cm³/mol. The molecule has 0 unspecified atom stereocenters. The summed E-state index contributed by atoms with van der Waals surface area (Å²) in [6, 6.07) is 9.85. The van der Waals surface area contributed by atoms with Gasteiger partial charge in [0.2, 0.25) is 0 Å². The zero-order valence-electron chi connectivity index (χ0n) is 18.0. The predicted octanol–water partition coefficient (Wildman–Crippen LogP) is 9.89. The van der Waals surface area contributed by atoms with Gasteiger partial charge in [-0.25, -0.2) is 22.1 Å². The van der Waals surface area contributed by atoms with Gasteiger partial charge in [-0.05, 0) is 180 Å². The Morgan fingerprint density at radius 2 is 0.711 bits per heavy atom. The minimum Gasteiger partial charge on any atom is -0.222 e. The summed E-state index contributed by atoms with van der Waals surface area (Å²) in [5.74, 6) is 18.4. The number of hydrogen-bond acceptors (Lipinski definition) is 10. The van der Waals surface area contributed by atoms with Gasteiger partial charge in [-0.2, -0.15) is 15.5 Å². The van der Waals surface area contributed by atoms with Crippen molar-refractivity contribution in [3.05, 3.63) is 76.7 Å². The van der Waals surface area contributed by atoms with Gasteiger partial charge in [0, 0.05) is 26.8 Å². The Hall–Kier alpha value is 1.37. The average Bonchev–Trinajstić information content (AvgIpc) is 2.84. The van der Waals surface area contributed by atoms with E-state index in [4.69, 9.17) is 31.4 Å². The van der Waals surface area contributed by atoms with Crippen molar-refractivity contribution in [1.82, 2.24) is 0 Å². The van der Waals surface area contributed by atoms with Crippen molar-refractivity contribution in [1.29, 1.82) is 0 Å². The van der Waals surface area contributed by atoms with Crippen LogP contribution in [0.25, 0.3) is 0 Å². The highest BCUT2D eigenvalue weighted by molar-refractivity contribution is 9.15. The van der Waals surface area contributed by atoms with Crippen LogP contribution >= 0.6 is 151 Å². The Kier molecular flexibility index (Phi) is 12.7. The van der Waals surface area contributed by atoms with Gasteiger partial charge in [0.1, 0.15) is 0 Å². The first-order valence-electron chi connectivity index (χ1n) is 9.41. The molecule has 20 heteroatoms. The molecule has 6 N–H and O–H groups in total. The van der Waals surface area contributed by atoms with Crippen molar-refractivity contribution in [2.24, 2.45) is 17.5 Å². The highest BCUT2D eigenvalue weighted by Crippen LogP contribution is 2.54. The summed E-state index contributed by atoms with van der Waals surface area (Å²) in [5, 5.41) is 2.09. The standard InChI is InChI=1S/C18H12Br9N6O4P/c19-7-1-4-10(16(25)13(7)22)31(28)35-38(34,36-32(29)11-5-2-8(20)14(23)17(11)26)37-33(30)12-6-3-9(21)15(24)18(12)27/h1-6H,28-30H2. The molecule has 3 rings (SSSR count). The molecule has 0 radical (unpaired) electrons. The van der Waals surface area contributed by atoms with Gasteiger partial charge in [0.05, 0.1) is 30.5 Å². The van der Waals surface area contributed by atoms with Crippen LogP contribution in [0.3, 0.4) is 0 Å². The van der Waals surface area contributed by atoms with E-state index in [0.717, 1.165) is 13.4 Å². The lowest BCUT2D eigenvalue weighted by atomic mass is 10.3. The number of hydrazine groups is 3. The van der Waals surface area contributed by atoms with Crippen LogP contribution in [0.1, 0.15) is 0 Å². The van der Waals surface area contributed by atoms with Gasteiger partial charge in [0.25, 0.3) is 0 Å². The smallest absolute Gasteiger partial charge is 0.222 e. The lowest BCUT2D eigenvalue weighted by Crippen LogP contribution is -2.39. The fraction of sp³-hybridized carbons (Fsp3) is 0. The molecule has 3 aromatic carbocycles. The number of nitrogens with zero attached hydrogens (tertiary/aromatic N) is 3. The van der Waals surface area contributed by atoms with Gasteiger partial charge < -0.3 is 0 Å². The number of nitrogens with two attached hydrogens (primary N) is 3. The average molecular weight is 1130 g/mol. The van der Waals surface area contributed by atoms with E-state index in [9.17, 15) is 4.57 Å². The fourth-order valence-corrected chi connectivity index (χ4v) is 7.91. The van der Waals surface area contributed by atoms with Crippen molar-refractivity contribution < 1.29 is 18.4 Å². The van der Waals surface area contributed by atoms with Crippen molar-refractivity contribution in [2.75, 3.05) is 15.5 Å². The van der Waals surface area contributed by atoms with E-state index in [1.54, 1.807) is 36.4 Å². The van der Waals surface area contributed by atoms with E-state index in [1.165, 1.54) is 0 Å². The maximum absolute atomic E-state index is 14.0. The molecule has 0 amide bonds. The summed E-state index contributed by atoms with van der Waals surface area (Å²) in [6.45, 7) is 0. The van der Waals surface area contributed by atoms with E-state index in [-0.39, 0.29) is 17.1 Å². The molecule has 0 aliphatic rings. The molecule has 0 aliphatic heterocycles. The quantitative estimate of drug-likeness (QED) is 0.0824. The summed E-state index contributed by atoms with van der Waals surface area (Å²) in [4.78, 5) is 0. The summed E-state index contributed by atoms with van der Waals surface area (Å²) in [6.07, 6.45) is 0. The molecule has 0 saturated heterocycles. The van der Waals surface area contributed by atoms with Crippen LogP contribution < -0.4 is 33.0 Å². The summed E-state index contributed by atoms with van der Waals surface area (Å²) in [7, 11) is -4.77. The number of hydrogen-bond donors (Lipinski definition) is 3. The number of halogens is 9. The van der Waals surface area contributed by atoms with Crippen molar-refractivity contribution in [3.8, 4) is 0 Å². The molecule has 38 heavy (non-hydrogen) atoms. The lowest BCUT2D eigenvalue weighted by Gasteiger charge is -2.30. The zero-order valence-corrected chi connectivity index (χ0v) is 33.2. The Morgan fingerprint density at radius 3 is 0.947 bits per heavy atom. The molecule has 10 nitrogen and oxygen atoms in total. The van der Waals surface area contributed by atoms with Crippen LogP contribution in [0.2, 0.25) is 0 Å². The lowest BCUT2D eigenvalue weighted by molar-refractivity contribution is 0.0857. The Morgan fingerprint density at radius 1 is 0.474 bits per heavy atom. The molecule has 0 spiro atoms. The molecule has 0 aromatic heterocycles. The normalized spacial score (nSPS) is 11.6. The van der Waals surface area contributed by atoms with E-state index in [0.29, 0.717) is 42.4 Å². The number of phosphoric acid groups is 1. The minimum absolute atomic E-state index is 0.264. The Labute approximate surface area is 292 Å². The van der Waals surface area contributed by atoms with Crippen molar-refractivity contribution >= 4 is 168 Å². The molecule has 0 saturated carbocycles. The fourth-order valence-electron chi connectivity index (χ4n) is 2.56. The second kappa shape index (κ2) is 14.2. The molecule has 0 aliphatic carbocycles. The van der Waals surface area contributed by atoms with Crippen LogP contribution in [0.4, 0.5) is 17.1 Å². The van der Waals surface area contributed by atoms with Gasteiger partial charge >= 0.3 is 7.82 Å². The second-order valence-corrected chi connectivity index (χ2v) is 15.5. The maximum atomic E-state index is 14.0. The first-order chi connectivity index (χ1) is 17.7. The van der Waals surface area contributed by atoms with E-state index in [2.05, 4.69) is 143 Å². The Bertz CT molecular complexity index is 1260. The third-order valence-corrected chi connectivity index (χ3v) is 15.5. The molecule has 3 aromatic rings. The van der Waals surface area contributed by atoms with E-state index < -0.39 is 7.82 Å². The molecule has 0 heterocycles. The highest BCUT2D eigenvalue weighted by atomic mass is 79.9. The molecule has 0 fully saturated rings. The van der Waals surface area contributed by atoms with Crippen molar-refractivity contribution in [2.45, 2.75) is 0 Å². The number of rotatable bonds is 9. The van der Waals surface area contributed by atoms with Crippen LogP contribution in [0, 0.1) is 0 Å². The van der Waals surface area contributed by atoms with E-state index >= 15 is 0 Å². The Balaban J connectivity index is 2.00. The summed E-state index contributed by atoms with van der Waals surface area (Å²) >= 11 is 30.7. The maximum Gasteiger partial charge on any atom is 0.543 e. The molecular formula is C18H12Br9N6O4P. The second-order valence-electron chi connectivity index (χ2n) is 6.75. The van der Waals surface area contributed by atoms with Crippen LogP contribution in [-0.2, 0) is 18.4 Å². The van der Waals surface area contributed by atoms with E-state index in [1.807, 2.05) is 0 Å². The first kappa shape index (κ1) is 33.9. The molecule has 0 bridgehead atoms. The van der Waals surface area contributed by atoms with Gasteiger partial charge in [0.15, 0.2) is 0 Å². The SMILES string of the molecule is NN(OP(=O)(ON(N)c1ccc(Br)c(Br)c1Br)ON(N)c1ccc(Br)c(Br)c1Br)c1ccc(Br)c(Br)c1Br. The number of benzene rings is 3. The van der Waals surface area contributed by atoms with Gasteiger partial charge in [-0.3, -0.25) is 0 Å². The molecule has 206 valence electrons. The zero-order chi connectivity index (χ0) is 28.5. The third kappa shape index (κ3) is 7.85. The van der Waals surface area contributed by atoms with Gasteiger partial charge in [-0.15, -0.1) is 13.9 Å². The molecule has 0 atom stereocenters. The monoisotopic (exact) mass is 1120 g/mol. The van der Waals surface area contributed by atoms with Crippen molar-refractivity contribution in [3.63, 3.8) is 0 Å². The summed E-state index contributed by atoms with van der Waals surface area (Å²) < 4.78 is 36.1. The first-order valence-corrected chi connectivity index (χ1v) is 18.0. The number of anilines is 3. The minimum atomic E-state index is -4.77. The topological polar surface area (TPSA) is 133 Å². The highest BCUT2D eigenvalue weighted by Gasteiger charge is 2.38. The molecular weight excluding hydrogens is 1110 g/mol. The summed E-state index contributed by atoms with van der Waals surface area (Å²) in [5.41, 5.74) is 0.791. The van der Waals surface area contributed by atoms with Crippen LogP contribution in [-0.4, -0.2) is 0 Å². The van der Waals surface area contributed by atoms with Crippen LogP contribution in [0.15, 0.2) is 76.7 Å². The largest absolute Gasteiger partial charge is 0.543 e.